The lowest BCUT2D eigenvalue weighted by molar-refractivity contribution is -0.276. The van der Waals surface area contributed by atoms with Crippen LogP contribution in [0.3, 0.4) is 0 Å². The first-order chi connectivity index (χ1) is 7.39. The molecule has 0 bridgehead atoms. The number of alkyl halides is 3. The zero-order valence-electron chi connectivity index (χ0n) is 8.63. The van der Waals surface area contributed by atoms with Gasteiger partial charge in [0.1, 0.15) is 0 Å². The third kappa shape index (κ3) is 2.75. The van der Waals surface area contributed by atoms with Crippen LogP contribution in [0.4, 0.5) is 13.2 Å². The van der Waals surface area contributed by atoms with E-state index in [4.69, 9.17) is 9.84 Å². The number of hydrogen-bond acceptors (Lipinski definition) is 4. The van der Waals surface area contributed by atoms with Gasteiger partial charge in [-0.1, -0.05) is 0 Å². The number of aliphatic hydroxyl groups is 1. The smallest absolute Gasteiger partial charge is 0.491 e. The molecule has 16 heavy (non-hydrogen) atoms. The molecule has 0 aliphatic carbocycles. The number of aliphatic hydroxyl groups excluding tert-OH is 1. The summed E-state index contributed by atoms with van der Waals surface area (Å²) in [5, 5.41) is 9.01. The number of rotatable bonds is 3. The van der Waals surface area contributed by atoms with E-state index in [-0.39, 0.29) is 11.3 Å². The number of nitrogens with zero attached hydrogens (tertiary/aromatic N) is 1. The van der Waals surface area contributed by atoms with E-state index in [0.717, 1.165) is 0 Å². The van der Waals surface area contributed by atoms with Crippen LogP contribution >= 0.6 is 0 Å². The van der Waals surface area contributed by atoms with Crippen molar-refractivity contribution in [1.29, 1.82) is 0 Å². The van der Waals surface area contributed by atoms with Gasteiger partial charge in [-0.3, -0.25) is 0 Å². The van der Waals surface area contributed by atoms with Gasteiger partial charge in [0.25, 0.3) is 5.88 Å². The Bertz CT molecular complexity index is 379. The average Bonchev–Trinajstić information content (AvgIpc) is 2.18. The maximum absolute atomic E-state index is 12.0. The first kappa shape index (κ1) is 12.6. The quantitative estimate of drug-likeness (QED) is 0.870. The number of aromatic nitrogens is 1. The monoisotopic (exact) mass is 237 g/mol. The third-order valence-electron chi connectivity index (χ3n) is 1.89. The van der Waals surface area contributed by atoms with Crippen LogP contribution in [0.25, 0.3) is 0 Å². The van der Waals surface area contributed by atoms with Gasteiger partial charge in [0.05, 0.1) is 13.7 Å². The Morgan fingerprint density at radius 2 is 2.06 bits per heavy atom. The fourth-order valence-electron chi connectivity index (χ4n) is 1.19. The van der Waals surface area contributed by atoms with E-state index in [1.807, 2.05) is 0 Å². The molecule has 1 aromatic rings. The summed E-state index contributed by atoms with van der Waals surface area (Å²) in [7, 11) is 1.18. The van der Waals surface area contributed by atoms with E-state index in [9.17, 15) is 13.2 Å². The highest BCUT2D eigenvalue weighted by Gasteiger charge is 2.34. The van der Waals surface area contributed by atoms with Crippen LogP contribution < -0.4 is 9.47 Å². The van der Waals surface area contributed by atoms with Crippen molar-refractivity contribution in [3.63, 3.8) is 0 Å². The number of pyridine rings is 1. The number of halogens is 3. The number of ether oxygens (including phenoxy) is 2. The molecule has 4 nitrogen and oxygen atoms in total. The summed E-state index contributed by atoms with van der Waals surface area (Å²) in [6, 6.07) is 0. The summed E-state index contributed by atoms with van der Waals surface area (Å²) in [6.45, 7) is 1.14. The molecule has 0 unspecified atom stereocenters. The maximum atomic E-state index is 12.0. The van der Waals surface area contributed by atoms with E-state index in [0.29, 0.717) is 5.56 Å². The van der Waals surface area contributed by atoms with Crippen LogP contribution in [-0.4, -0.2) is 23.6 Å². The number of hydrogen-bond donors (Lipinski definition) is 1. The topological polar surface area (TPSA) is 51.6 Å². The summed E-state index contributed by atoms with van der Waals surface area (Å²) < 4.78 is 44.5. The van der Waals surface area contributed by atoms with Crippen LogP contribution in [0.2, 0.25) is 0 Å². The molecule has 90 valence electrons. The second-order valence-electron chi connectivity index (χ2n) is 2.96. The maximum Gasteiger partial charge on any atom is 0.574 e. The van der Waals surface area contributed by atoms with Crippen molar-refractivity contribution in [2.75, 3.05) is 7.11 Å². The Labute approximate surface area is 89.6 Å². The van der Waals surface area contributed by atoms with Crippen LogP contribution in [0, 0.1) is 6.92 Å². The molecular formula is C9H10F3NO3. The zero-order valence-corrected chi connectivity index (χ0v) is 8.63. The molecule has 0 aliphatic rings. The minimum absolute atomic E-state index is 0.208. The van der Waals surface area contributed by atoms with Gasteiger partial charge < -0.3 is 14.6 Å². The van der Waals surface area contributed by atoms with E-state index >= 15 is 0 Å². The highest BCUT2D eigenvalue weighted by molar-refractivity contribution is 5.45. The van der Waals surface area contributed by atoms with E-state index in [1.165, 1.54) is 13.3 Å². The van der Waals surface area contributed by atoms with Crippen molar-refractivity contribution in [2.45, 2.75) is 19.9 Å². The average molecular weight is 237 g/mol. The van der Waals surface area contributed by atoms with Gasteiger partial charge in [-0.2, -0.15) is 0 Å². The van der Waals surface area contributed by atoms with Crippen molar-refractivity contribution in [1.82, 2.24) is 4.98 Å². The fraction of sp³-hybridized carbons (Fsp3) is 0.444. The van der Waals surface area contributed by atoms with Gasteiger partial charge >= 0.3 is 6.36 Å². The van der Waals surface area contributed by atoms with Gasteiger partial charge in [0.15, 0.2) is 5.75 Å². The Hall–Kier alpha value is -1.50. The van der Waals surface area contributed by atoms with E-state index in [2.05, 4.69) is 9.72 Å². The SMILES string of the molecule is COc1c(OC(F)(F)F)ncc(C)c1CO. The Balaban J connectivity index is 3.19. The zero-order chi connectivity index (χ0) is 12.3. The van der Waals surface area contributed by atoms with Crippen molar-refractivity contribution >= 4 is 0 Å². The summed E-state index contributed by atoms with van der Waals surface area (Å²) >= 11 is 0. The second kappa shape index (κ2) is 4.56. The molecule has 0 spiro atoms. The predicted octanol–water partition coefficient (Wildman–Crippen LogP) is 1.79. The predicted molar refractivity (Wildman–Crippen MR) is 48.1 cm³/mol. The van der Waals surface area contributed by atoms with E-state index < -0.39 is 18.8 Å². The van der Waals surface area contributed by atoms with Gasteiger partial charge in [0.2, 0.25) is 0 Å². The minimum atomic E-state index is -4.84. The molecule has 0 saturated carbocycles. The van der Waals surface area contributed by atoms with Crippen molar-refractivity contribution in [3.8, 4) is 11.6 Å². The molecule has 1 N–H and O–H groups in total. The van der Waals surface area contributed by atoms with Crippen LogP contribution in [0.5, 0.6) is 11.6 Å². The molecule has 0 fully saturated rings. The van der Waals surface area contributed by atoms with Gasteiger partial charge in [0, 0.05) is 11.8 Å². The molecule has 1 aromatic heterocycles. The lowest BCUT2D eigenvalue weighted by atomic mass is 10.1. The van der Waals surface area contributed by atoms with Crippen molar-refractivity contribution in [2.24, 2.45) is 0 Å². The molecule has 1 rings (SSSR count). The summed E-state index contributed by atoms with van der Waals surface area (Å²) in [4.78, 5) is 3.46. The first-order valence-electron chi connectivity index (χ1n) is 4.28. The molecule has 7 heteroatoms. The van der Waals surface area contributed by atoms with Gasteiger partial charge in [-0.25, -0.2) is 4.98 Å². The first-order valence-corrected chi connectivity index (χ1v) is 4.28. The minimum Gasteiger partial charge on any atom is -0.491 e. The van der Waals surface area contributed by atoms with Crippen LogP contribution in [0.1, 0.15) is 11.1 Å². The van der Waals surface area contributed by atoms with Crippen molar-refractivity contribution < 1.29 is 27.8 Å². The molecule has 0 amide bonds. The Kier molecular flexibility index (Phi) is 3.58. The fourth-order valence-corrected chi connectivity index (χ4v) is 1.19. The van der Waals surface area contributed by atoms with Crippen LogP contribution in [0.15, 0.2) is 6.20 Å². The van der Waals surface area contributed by atoms with E-state index in [1.54, 1.807) is 6.92 Å². The molecular weight excluding hydrogens is 227 g/mol. The Morgan fingerprint density at radius 1 is 1.44 bits per heavy atom. The van der Waals surface area contributed by atoms with Gasteiger partial charge in [-0.15, -0.1) is 13.2 Å². The highest BCUT2D eigenvalue weighted by atomic mass is 19.4. The number of methoxy groups -OCH3 is 1. The third-order valence-corrected chi connectivity index (χ3v) is 1.89. The molecule has 0 atom stereocenters. The molecule has 0 radical (unpaired) electrons. The standard InChI is InChI=1S/C9H10F3NO3/c1-5-3-13-8(16-9(10,11)12)7(15-2)6(5)4-14/h3,14H,4H2,1-2H3. The van der Waals surface area contributed by atoms with Crippen molar-refractivity contribution in [3.05, 3.63) is 17.3 Å². The molecule has 0 saturated heterocycles. The second-order valence-corrected chi connectivity index (χ2v) is 2.96. The Morgan fingerprint density at radius 3 is 2.50 bits per heavy atom. The molecule has 1 heterocycles. The largest absolute Gasteiger partial charge is 0.574 e. The summed E-state index contributed by atoms with van der Waals surface area (Å²) in [5.41, 5.74) is 0.741. The molecule has 0 aromatic carbocycles. The van der Waals surface area contributed by atoms with Gasteiger partial charge in [-0.05, 0) is 12.5 Å². The summed E-state index contributed by atoms with van der Waals surface area (Å²) in [5.74, 6) is -0.913. The summed E-state index contributed by atoms with van der Waals surface area (Å²) in [6.07, 6.45) is -3.67. The molecule has 0 aliphatic heterocycles. The normalized spacial score (nSPS) is 11.4. The highest BCUT2D eigenvalue weighted by Crippen LogP contribution is 2.34. The van der Waals surface area contributed by atoms with Crippen LogP contribution in [-0.2, 0) is 6.61 Å². The number of aryl methyl sites for hydroxylation is 1. The lowest BCUT2D eigenvalue weighted by Crippen LogP contribution is -2.19. The lowest BCUT2D eigenvalue weighted by Gasteiger charge is -2.14.